The van der Waals surface area contributed by atoms with E-state index >= 15 is 0 Å². The highest BCUT2D eigenvalue weighted by molar-refractivity contribution is 7.22. The summed E-state index contributed by atoms with van der Waals surface area (Å²) in [5.74, 6) is -0.901. The smallest absolute Gasteiger partial charge is 0.293 e. The average molecular weight is 487 g/mol. The minimum absolute atomic E-state index is 0.139. The Morgan fingerprint density at radius 3 is 2.79 bits per heavy atom. The molecule has 0 bridgehead atoms. The van der Waals surface area contributed by atoms with Crippen molar-refractivity contribution in [1.29, 1.82) is 0 Å². The number of para-hydroxylation sites is 1. The van der Waals surface area contributed by atoms with E-state index in [1.54, 1.807) is 24.3 Å². The standard InChI is InChI=1S/C23H23FN4O5S/c24-17-4-1-5-20-21(17)25-23(34-20)27(14-16-3-2-10-33-16)22(29)15-6-7-18(19(13-15)28(30)31)26-8-11-32-12-9-26/h1,4-7,13,16H,2-3,8-12,14H2. The zero-order chi connectivity index (χ0) is 23.7. The third-order valence-electron chi connectivity index (χ3n) is 6.02. The van der Waals surface area contributed by atoms with Crippen molar-refractivity contribution in [3.63, 3.8) is 0 Å². The molecular formula is C23H23FN4O5S. The summed E-state index contributed by atoms with van der Waals surface area (Å²) in [7, 11) is 0. The van der Waals surface area contributed by atoms with Crippen molar-refractivity contribution in [3.8, 4) is 0 Å². The third kappa shape index (κ3) is 4.46. The van der Waals surface area contributed by atoms with E-state index in [9.17, 15) is 19.3 Å². The fourth-order valence-electron chi connectivity index (χ4n) is 4.29. The summed E-state index contributed by atoms with van der Waals surface area (Å²) in [6.45, 7) is 2.90. The molecule has 3 aromatic rings. The molecule has 2 aromatic carbocycles. The fourth-order valence-corrected chi connectivity index (χ4v) is 5.28. The SMILES string of the molecule is O=C(c1ccc(N2CCOCC2)c([N+](=O)[O-])c1)N(CC1CCCO1)c1nc2c(F)cccc2s1. The minimum atomic E-state index is -0.473. The quantitative estimate of drug-likeness (QED) is 0.384. The predicted octanol–water partition coefficient (Wildman–Crippen LogP) is 4.01. The number of anilines is 2. The fraction of sp³-hybridized carbons (Fsp3) is 0.391. The van der Waals surface area contributed by atoms with Gasteiger partial charge in [-0.2, -0.15) is 0 Å². The lowest BCUT2D eigenvalue weighted by atomic mass is 10.1. The number of rotatable bonds is 6. The number of nitro benzene ring substituents is 1. The van der Waals surface area contributed by atoms with E-state index < -0.39 is 16.6 Å². The number of nitrogens with zero attached hydrogens (tertiary/aromatic N) is 4. The number of ether oxygens (including phenoxy) is 2. The van der Waals surface area contributed by atoms with Gasteiger partial charge in [0.05, 0.1) is 35.5 Å². The first-order valence-electron chi connectivity index (χ1n) is 11.1. The molecule has 0 saturated carbocycles. The number of carbonyl (C=O) groups is 1. The van der Waals surface area contributed by atoms with Gasteiger partial charge in [-0.15, -0.1) is 0 Å². The number of hydrogen-bond acceptors (Lipinski definition) is 8. The monoisotopic (exact) mass is 486 g/mol. The molecule has 34 heavy (non-hydrogen) atoms. The maximum Gasteiger partial charge on any atom is 0.293 e. The lowest BCUT2D eigenvalue weighted by Gasteiger charge is -2.28. The Kier molecular flexibility index (Phi) is 6.40. The maximum absolute atomic E-state index is 14.3. The number of nitro groups is 1. The molecule has 9 nitrogen and oxygen atoms in total. The number of benzene rings is 2. The topological polar surface area (TPSA) is 98.0 Å². The highest BCUT2D eigenvalue weighted by atomic mass is 32.1. The van der Waals surface area contributed by atoms with Crippen LogP contribution < -0.4 is 9.80 Å². The minimum Gasteiger partial charge on any atom is -0.378 e. The van der Waals surface area contributed by atoms with Crippen LogP contribution in [0, 0.1) is 15.9 Å². The van der Waals surface area contributed by atoms with E-state index in [1.807, 2.05) is 4.90 Å². The van der Waals surface area contributed by atoms with Crippen molar-refractivity contribution < 1.29 is 23.6 Å². The van der Waals surface area contributed by atoms with Crippen LogP contribution in [-0.2, 0) is 9.47 Å². The molecule has 1 amide bonds. The van der Waals surface area contributed by atoms with Crippen molar-refractivity contribution in [3.05, 3.63) is 57.9 Å². The Balaban J connectivity index is 1.51. The van der Waals surface area contributed by atoms with Gasteiger partial charge in [-0.25, -0.2) is 9.37 Å². The normalized spacial score (nSPS) is 18.4. The van der Waals surface area contributed by atoms with Crippen molar-refractivity contribution in [2.24, 2.45) is 0 Å². The molecule has 3 heterocycles. The maximum atomic E-state index is 14.3. The number of amides is 1. The first-order chi connectivity index (χ1) is 16.5. The van der Waals surface area contributed by atoms with Crippen LogP contribution in [0.4, 0.5) is 20.9 Å². The molecular weight excluding hydrogens is 463 g/mol. The third-order valence-corrected chi connectivity index (χ3v) is 7.06. The van der Waals surface area contributed by atoms with Gasteiger partial charge in [0.2, 0.25) is 0 Å². The predicted molar refractivity (Wildman–Crippen MR) is 126 cm³/mol. The van der Waals surface area contributed by atoms with E-state index in [0.717, 1.165) is 12.8 Å². The van der Waals surface area contributed by atoms with Gasteiger partial charge < -0.3 is 14.4 Å². The number of fused-ring (bicyclic) bond motifs is 1. The van der Waals surface area contributed by atoms with Crippen LogP contribution in [0.5, 0.6) is 0 Å². The molecule has 178 valence electrons. The molecule has 2 aliphatic rings. The second-order valence-corrected chi connectivity index (χ2v) is 9.20. The van der Waals surface area contributed by atoms with Gasteiger partial charge >= 0.3 is 0 Å². The summed E-state index contributed by atoms with van der Waals surface area (Å²) in [6, 6.07) is 9.18. The van der Waals surface area contributed by atoms with E-state index in [1.165, 1.54) is 28.4 Å². The number of thiazole rings is 1. The number of morpholine rings is 1. The van der Waals surface area contributed by atoms with E-state index in [0.29, 0.717) is 48.4 Å². The molecule has 1 unspecified atom stereocenters. The van der Waals surface area contributed by atoms with Crippen LogP contribution in [0.25, 0.3) is 10.2 Å². The van der Waals surface area contributed by atoms with E-state index in [4.69, 9.17) is 9.47 Å². The van der Waals surface area contributed by atoms with Gasteiger partial charge in [-0.3, -0.25) is 19.8 Å². The summed E-state index contributed by atoms with van der Waals surface area (Å²) in [6.07, 6.45) is 1.50. The summed E-state index contributed by atoms with van der Waals surface area (Å²) in [4.78, 5) is 32.8. The Hall–Kier alpha value is -3.15. The zero-order valence-corrected chi connectivity index (χ0v) is 19.1. The molecule has 1 atom stereocenters. The summed E-state index contributed by atoms with van der Waals surface area (Å²) in [5.41, 5.74) is 0.681. The van der Waals surface area contributed by atoms with Gasteiger partial charge in [0.15, 0.2) is 5.13 Å². The highest BCUT2D eigenvalue weighted by Gasteiger charge is 2.30. The molecule has 1 aromatic heterocycles. The molecule has 5 rings (SSSR count). The molecule has 2 saturated heterocycles. The number of halogens is 1. The van der Waals surface area contributed by atoms with Gasteiger partial charge in [0.25, 0.3) is 11.6 Å². The summed E-state index contributed by atoms with van der Waals surface area (Å²) in [5, 5.41) is 12.2. The van der Waals surface area contributed by atoms with Crippen LogP contribution in [-0.4, -0.2) is 61.4 Å². The molecule has 0 spiro atoms. The Bertz CT molecular complexity index is 1220. The van der Waals surface area contributed by atoms with Crippen molar-refractivity contribution in [2.45, 2.75) is 18.9 Å². The highest BCUT2D eigenvalue weighted by Crippen LogP contribution is 2.34. The van der Waals surface area contributed by atoms with E-state index in [-0.39, 0.29) is 29.4 Å². The average Bonchev–Trinajstić information content (AvgIpc) is 3.53. The lowest BCUT2D eigenvalue weighted by molar-refractivity contribution is -0.384. The Labute approximate surface area is 198 Å². The number of hydrogen-bond donors (Lipinski definition) is 0. The van der Waals surface area contributed by atoms with Crippen LogP contribution in [0.3, 0.4) is 0 Å². The molecule has 0 N–H and O–H groups in total. The van der Waals surface area contributed by atoms with Crippen molar-refractivity contribution in [1.82, 2.24) is 4.98 Å². The summed E-state index contributed by atoms with van der Waals surface area (Å²) < 4.78 is 26.0. The first kappa shape index (κ1) is 22.6. The van der Waals surface area contributed by atoms with Crippen LogP contribution >= 0.6 is 11.3 Å². The zero-order valence-electron chi connectivity index (χ0n) is 18.3. The summed E-state index contributed by atoms with van der Waals surface area (Å²) >= 11 is 1.20. The Morgan fingerprint density at radius 2 is 2.09 bits per heavy atom. The van der Waals surface area contributed by atoms with Crippen molar-refractivity contribution >= 4 is 44.0 Å². The second kappa shape index (κ2) is 9.61. The lowest BCUT2D eigenvalue weighted by Crippen LogP contribution is -2.38. The van der Waals surface area contributed by atoms with Gasteiger partial charge in [0, 0.05) is 31.3 Å². The van der Waals surface area contributed by atoms with Gasteiger partial charge in [-0.1, -0.05) is 17.4 Å². The molecule has 11 heteroatoms. The molecule has 0 radical (unpaired) electrons. The van der Waals surface area contributed by atoms with Crippen molar-refractivity contribution in [2.75, 3.05) is 49.3 Å². The van der Waals surface area contributed by atoms with Crippen LogP contribution in [0.2, 0.25) is 0 Å². The first-order valence-corrected chi connectivity index (χ1v) is 11.9. The number of carbonyl (C=O) groups excluding carboxylic acids is 1. The molecule has 2 aliphatic heterocycles. The van der Waals surface area contributed by atoms with Crippen LogP contribution in [0.15, 0.2) is 36.4 Å². The van der Waals surface area contributed by atoms with Gasteiger partial charge in [0.1, 0.15) is 17.0 Å². The molecule has 0 aliphatic carbocycles. The van der Waals surface area contributed by atoms with E-state index in [2.05, 4.69) is 4.98 Å². The van der Waals surface area contributed by atoms with Gasteiger partial charge in [-0.05, 0) is 37.1 Å². The molecule has 2 fully saturated rings. The Morgan fingerprint density at radius 1 is 1.26 bits per heavy atom. The largest absolute Gasteiger partial charge is 0.378 e. The second-order valence-electron chi connectivity index (χ2n) is 8.19. The number of aromatic nitrogens is 1. The van der Waals surface area contributed by atoms with Crippen LogP contribution in [0.1, 0.15) is 23.2 Å².